The maximum Gasteiger partial charge on any atom is 0.0998 e. The first-order chi connectivity index (χ1) is 20.7. The molecular formula is C40H44N2. The van der Waals surface area contributed by atoms with Crippen LogP contribution in [0, 0.1) is 22.7 Å². The number of aryl methyl sites for hydroxylation is 2. The second kappa shape index (κ2) is 18.9. The van der Waals surface area contributed by atoms with Gasteiger partial charge in [-0.2, -0.15) is 10.5 Å². The zero-order chi connectivity index (χ0) is 29.8. The van der Waals surface area contributed by atoms with Crippen molar-refractivity contribution >= 4 is 24.3 Å². The highest BCUT2D eigenvalue weighted by molar-refractivity contribution is 5.70. The molecule has 0 spiro atoms. The first-order valence-electron chi connectivity index (χ1n) is 15.5. The topological polar surface area (TPSA) is 47.6 Å². The van der Waals surface area contributed by atoms with Crippen LogP contribution < -0.4 is 0 Å². The average Bonchev–Trinajstić information content (AvgIpc) is 3.03. The minimum Gasteiger partial charge on any atom is -0.192 e. The largest absolute Gasteiger partial charge is 0.192 e. The smallest absolute Gasteiger partial charge is 0.0998 e. The molecular weight excluding hydrogens is 508 g/mol. The third kappa shape index (κ3) is 11.2. The van der Waals surface area contributed by atoms with Gasteiger partial charge in [0.2, 0.25) is 0 Å². The molecule has 0 atom stereocenters. The van der Waals surface area contributed by atoms with Crippen molar-refractivity contribution in [1.29, 1.82) is 10.5 Å². The quantitative estimate of drug-likeness (QED) is 0.131. The summed E-state index contributed by atoms with van der Waals surface area (Å²) in [6.45, 7) is 4.48. The highest BCUT2D eigenvalue weighted by atomic mass is 14.3. The standard InChI is InChI=1S/C40H44N2/c1-3-5-7-9-15-33-21-25-35(26-22-33)17-11-13-19-37-29-40(32-42)38(30-39(37)31-41)20-14-12-18-36-27-23-34(24-28-36)16-10-8-6-4-2/h11-14,17-30H,3-10,15-16H2,1-2H3/b17-11+,18-12+,19-13+,20-14+. The Morgan fingerprint density at radius 1 is 0.500 bits per heavy atom. The zero-order valence-electron chi connectivity index (χ0n) is 25.4. The third-order valence-corrected chi connectivity index (χ3v) is 7.41. The van der Waals surface area contributed by atoms with Crippen molar-refractivity contribution in [3.63, 3.8) is 0 Å². The molecule has 0 unspecified atom stereocenters. The Morgan fingerprint density at radius 2 is 0.881 bits per heavy atom. The molecule has 0 saturated heterocycles. The number of hydrogen-bond acceptors (Lipinski definition) is 2. The lowest BCUT2D eigenvalue weighted by molar-refractivity contribution is 0.667. The molecule has 0 heterocycles. The van der Waals surface area contributed by atoms with Crippen LogP contribution in [0.4, 0.5) is 0 Å². The molecule has 0 radical (unpaired) electrons. The Hall–Kier alpha value is -4.40. The molecule has 3 rings (SSSR count). The molecule has 0 saturated carbocycles. The van der Waals surface area contributed by atoms with E-state index in [1.165, 1.54) is 62.5 Å². The second-order valence-electron chi connectivity index (χ2n) is 10.8. The second-order valence-corrected chi connectivity index (χ2v) is 10.8. The molecule has 3 aromatic rings. The van der Waals surface area contributed by atoms with Crippen LogP contribution in [0.25, 0.3) is 24.3 Å². The summed E-state index contributed by atoms with van der Waals surface area (Å²) >= 11 is 0. The molecule has 0 aliphatic rings. The van der Waals surface area contributed by atoms with Gasteiger partial charge in [-0.15, -0.1) is 0 Å². The van der Waals surface area contributed by atoms with Crippen molar-refractivity contribution in [3.8, 4) is 12.1 Å². The molecule has 0 aliphatic carbocycles. The van der Waals surface area contributed by atoms with Gasteiger partial charge in [0.15, 0.2) is 0 Å². The number of benzene rings is 3. The molecule has 2 nitrogen and oxygen atoms in total. The van der Waals surface area contributed by atoms with Gasteiger partial charge in [0.1, 0.15) is 0 Å². The lowest BCUT2D eigenvalue weighted by Gasteiger charge is -2.03. The SMILES string of the molecule is CCCCCCc1ccc(/C=C/C=C/c2cc(C#N)c(/C=C/C=C/c3ccc(CCCCCC)cc3)cc2C#N)cc1. The Labute approximate surface area is 254 Å². The fourth-order valence-electron chi connectivity index (χ4n) is 4.86. The van der Waals surface area contributed by atoms with Crippen molar-refractivity contribution in [2.75, 3.05) is 0 Å². The molecule has 0 fully saturated rings. The summed E-state index contributed by atoms with van der Waals surface area (Å²) in [6, 6.07) is 25.6. The van der Waals surface area contributed by atoms with Crippen LogP contribution in [0.3, 0.4) is 0 Å². The van der Waals surface area contributed by atoms with E-state index in [0.29, 0.717) is 11.1 Å². The summed E-state index contributed by atoms with van der Waals surface area (Å²) in [7, 11) is 0. The van der Waals surface area contributed by atoms with Crippen LogP contribution in [-0.2, 0) is 12.8 Å². The zero-order valence-corrected chi connectivity index (χ0v) is 25.4. The van der Waals surface area contributed by atoms with Crippen LogP contribution in [0.5, 0.6) is 0 Å². The molecule has 0 amide bonds. The van der Waals surface area contributed by atoms with Gasteiger partial charge in [-0.1, -0.05) is 150 Å². The van der Waals surface area contributed by atoms with Crippen LogP contribution >= 0.6 is 0 Å². The van der Waals surface area contributed by atoms with Crippen molar-refractivity contribution in [2.45, 2.75) is 78.1 Å². The lowest BCUT2D eigenvalue weighted by Crippen LogP contribution is -1.89. The van der Waals surface area contributed by atoms with E-state index in [9.17, 15) is 10.5 Å². The van der Waals surface area contributed by atoms with E-state index in [1.54, 1.807) is 12.1 Å². The first-order valence-corrected chi connectivity index (χ1v) is 15.5. The summed E-state index contributed by atoms with van der Waals surface area (Å²) in [5, 5.41) is 19.5. The Bertz CT molecular complexity index is 1320. The van der Waals surface area contributed by atoms with Crippen LogP contribution in [0.2, 0.25) is 0 Å². The van der Waals surface area contributed by atoms with Crippen LogP contribution in [0.1, 0.15) is 110 Å². The monoisotopic (exact) mass is 552 g/mol. The van der Waals surface area contributed by atoms with Crippen molar-refractivity contribution in [3.05, 3.63) is 129 Å². The number of hydrogen-bond donors (Lipinski definition) is 0. The van der Waals surface area contributed by atoms with Gasteiger partial charge in [-0.25, -0.2) is 0 Å². The van der Waals surface area contributed by atoms with E-state index in [1.807, 2.05) is 36.5 Å². The van der Waals surface area contributed by atoms with Gasteiger partial charge >= 0.3 is 0 Å². The van der Waals surface area contributed by atoms with Crippen molar-refractivity contribution in [2.24, 2.45) is 0 Å². The summed E-state index contributed by atoms with van der Waals surface area (Å²) < 4.78 is 0. The van der Waals surface area contributed by atoms with Crippen molar-refractivity contribution < 1.29 is 0 Å². The normalized spacial score (nSPS) is 11.6. The number of nitriles is 2. The number of rotatable bonds is 16. The number of allylic oxidation sites excluding steroid dienone is 4. The fourth-order valence-corrected chi connectivity index (χ4v) is 4.86. The van der Waals surface area contributed by atoms with Crippen LogP contribution in [-0.4, -0.2) is 0 Å². The van der Waals surface area contributed by atoms with E-state index >= 15 is 0 Å². The fraction of sp³-hybridized carbons (Fsp3) is 0.300. The van der Waals surface area contributed by atoms with Gasteiger partial charge in [-0.3, -0.25) is 0 Å². The van der Waals surface area contributed by atoms with Crippen molar-refractivity contribution in [1.82, 2.24) is 0 Å². The summed E-state index contributed by atoms with van der Waals surface area (Å²) in [6.07, 6.45) is 28.2. The Morgan fingerprint density at radius 3 is 1.24 bits per heavy atom. The molecule has 3 aromatic carbocycles. The Kier molecular flexibility index (Phi) is 14.4. The van der Waals surface area contributed by atoms with Crippen LogP contribution in [0.15, 0.2) is 85.0 Å². The predicted octanol–water partition coefficient (Wildman–Crippen LogP) is 11.1. The minimum absolute atomic E-state index is 0.546. The molecule has 2 heteroatoms. The molecule has 0 aromatic heterocycles. The number of unbranched alkanes of at least 4 members (excludes halogenated alkanes) is 6. The predicted molar refractivity (Wildman–Crippen MR) is 181 cm³/mol. The van der Waals surface area contributed by atoms with Gasteiger partial charge in [0.25, 0.3) is 0 Å². The van der Waals surface area contributed by atoms with E-state index < -0.39 is 0 Å². The third-order valence-electron chi connectivity index (χ3n) is 7.41. The maximum absolute atomic E-state index is 9.76. The van der Waals surface area contributed by atoms with E-state index in [2.05, 4.69) is 86.7 Å². The molecule has 0 N–H and O–H groups in total. The molecule has 0 aliphatic heterocycles. The molecule has 214 valence electrons. The summed E-state index contributed by atoms with van der Waals surface area (Å²) in [4.78, 5) is 0. The van der Waals surface area contributed by atoms with Gasteiger partial charge in [0, 0.05) is 0 Å². The molecule has 42 heavy (non-hydrogen) atoms. The van der Waals surface area contributed by atoms with Gasteiger partial charge in [-0.05, 0) is 71.2 Å². The van der Waals surface area contributed by atoms with Gasteiger partial charge < -0.3 is 0 Å². The average molecular weight is 553 g/mol. The van der Waals surface area contributed by atoms with E-state index in [-0.39, 0.29) is 0 Å². The maximum atomic E-state index is 9.76. The van der Waals surface area contributed by atoms with E-state index in [4.69, 9.17) is 0 Å². The molecule has 0 bridgehead atoms. The summed E-state index contributed by atoms with van der Waals surface area (Å²) in [5.74, 6) is 0. The highest BCUT2D eigenvalue weighted by Gasteiger charge is 2.06. The minimum atomic E-state index is 0.546. The highest BCUT2D eigenvalue weighted by Crippen LogP contribution is 2.20. The Balaban J connectivity index is 1.59. The summed E-state index contributed by atoms with van der Waals surface area (Å²) in [5.41, 5.74) is 7.62. The van der Waals surface area contributed by atoms with Gasteiger partial charge in [0.05, 0.1) is 23.3 Å². The van der Waals surface area contributed by atoms with E-state index in [0.717, 1.165) is 35.1 Å². The lowest BCUT2D eigenvalue weighted by atomic mass is 9.98. The first kappa shape index (κ1) is 32.1. The number of nitrogens with zero attached hydrogens (tertiary/aromatic N) is 2.